The lowest BCUT2D eigenvalue weighted by Gasteiger charge is -2.06. The number of aryl methyl sites for hydroxylation is 1. The summed E-state index contributed by atoms with van der Waals surface area (Å²) in [6, 6.07) is 0. The number of hydrogen-bond acceptors (Lipinski definition) is 5. The van der Waals surface area contributed by atoms with Gasteiger partial charge in [0.25, 0.3) is 5.91 Å². The van der Waals surface area contributed by atoms with Crippen LogP contribution in [0.2, 0.25) is 0 Å². The first-order chi connectivity index (χ1) is 9.63. The van der Waals surface area contributed by atoms with Gasteiger partial charge in [-0.05, 0) is 13.8 Å². The molecule has 0 radical (unpaired) electrons. The number of nitrogens with one attached hydrogen (secondary N) is 2. The second-order valence-corrected chi connectivity index (χ2v) is 4.00. The van der Waals surface area contributed by atoms with E-state index in [1.807, 2.05) is 0 Å². The van der Waals surface area contributed by atoms with Crippen LogP contribution in [-0.2, 0) is 4.74 Å². The molecule has 0 atom stereocenters. The molecule has 0 saturated heterocycles. The van der Waals surface area contributed by atoms with Crippen LogP contribution in [-0.4, -0.2) is 33.4 Å². The number of H-pyrrole nitrogens is 1. The quantitative estimate of drug-likeness (QED) is 0.824. The first-order valence-electron chi connectivity index (χ1n) is 6.05. The lowest BCUT2D eigenvalue weighted by Crippen LogP contribution is -2.15. The molecule has 7 nitrogen and oxygen atoms in total. The van der Waals surface area contributed by atoms with Gasteiger partial charge in [-0.3, -0.25) is 4.79 Å². The van der Waals surface area contributed by atoms with Gasteiger partial charge in [-0.2, -0.15) is 0 Å². The van der Waals surface area contributed by atoms with E-state index in [2.05, 4.69) is 20.3 Å². The molecule has 0 spiro atoms. The summed E-state index contributed by atoms with van der Waals surface area (Å²) >= 11 is 0. The van der Waals surface area contributed by atoms with Crippen LogP contribution in [0.5, 0.6) is 0 Å². The van der Waals surface area contributed by atoms with Gasteiger partial charge in [-0.15, -0.1) is 0 Å². The van der Waals surface area contributed by atoms with Crippen molar-refractivity contribution in [3.05, 3.63) is 41.7 Å². The lowest BCUT2D eigenvalue weighted by molar-refractivity contribution is 0.0527. The summed E-state index contributed by atoms with van der Waals surface area (Å²) < 4.78 is 4.96. The summed E-state index contributed by atoms with van der Waals surface area (Å²) in [5.74, 6) is -0.874. The largest absolute Gasteiger partial charge is 0.462 e. The van der Waals surface area contributed by atoms with Gasteiger partial charge in [0, 0.05) is 24.3 Å². The molecule has 7 heteroatoms. The summed E-state index contributed by atoms with van der Waals surface area (Å²) in [4.78, 5) is 34.3. The number of amides is 1. The van der Waals surface area contributed by atoms with E-state index in [-0.39, 0.29) is 6.61 Å². The molecule has 0 aliphatic rings. The number of hydrogen-bond donors (Lipinski definition) is 2. The van der Waals surface area contributed by atoms with Crippen LogP contribution in [0.25, 0.3) is 0 Å². The number of carbonyl (C=O) groups excluding carboxylic acids is 2. The average Bonchev–Trinajstić information content (AvgIpc) is 2.81. The Labute approximate surface area is 115 Å². The Balaban J connectivity index is 2.22. The minimum absolute atomic E-state index is 0.267. The van der Waals surface area contributed by atoms with E-state index in [0.29, 0.717) is 22.5 Å². The number of anilines is 1. The zero-order valence-electron chi connectivity index (χ0n) is 11.1. The van der Waals surface area contributed by atoms with Crippen molar-refractivity contribution in [2.24, 2.45) is 0 Å². The zero-order valence-corrected chi connectivity index (χ0v) is 11.1. The third-order valence-corrected chi connectivity index (χ3v) is 2.63. The fraction of sp³-hybridized carbons (Fsp3) is 0.231. The third kappa shape index (κ3) is 2.82. The highest BCUT2D eigenvalue weighted by atomic mass is 16.5. The SMILES string of the molecule is CCOC(=O)c1c(NC(=O)c2cncnc2)c[nH]c1C. The van der Waals surface area contributed by atoms with Gasteiger partial charge in [0.1, 0.15) is 11.9 Å². The molecule has 104 valence electrons. The second kappa shape index (κ2) is 5.96. The fourth-order valence-electron chi connectivity index (χ4n) is 1.70. The van der Waals surface area contributed by atoms with Crippen LogP contribution in [0.1, 0.15) is 33.3 Å². The Morgan fingerprint density at radius 2 is 2.05 bits per heavy atom. The number of ether oxygens (including phenoxy) is 1. The molecule has 0 bridgehead atoms. The molecule has 0 unspecified atom stereocenters. The van der Waals surface area contributed by atoms with E-state index < -0.39 is 11.9 Å². The van der Waals surface area contributed by atoms with E-state index in [1.165, 1.54) is 18.7 Å². The normalized spacial score (nSPS) is 10.1. The van der Waals surface area contributed by atoms with Crippen LogP contribution in [0, 0.1) is 6.92 Å². The lowest BCUT2D eigenvalue weighted by atomic mass is 10.2. The van der Waals surface area contributed by atoms with Gasteiger partial charge in [0.15, 0.2) is 0 Å². The van der Waals surface area contributed by atoms with Crippen molar-refractivity contribution in [2.45, 2.75) is 13.8 Å². The highest BCUT2D eigenvalue weighted by molar-refractivity contribution is 6.08. The van der Waals surface area contributed by atoms with Crippen LogP contribution in [0.15, 0.2) is 24.9 Å². The molecular formula is C13H14N4O3. The number of nitrogens with zero attached hydrogens (tertiary/aromatic N) is 2. The van der Waals surface area contributed by atoms with Gasteiger partial charge in [0.05, 0.1) is 17.9 Å². The van der Waals surface area contributed by atoms with E-state index in [0.717, 1.165) is 0 Å². The Hall–Kier alpha value is -2.70. The van der Waals surface area contributed by atoms with E-state index >= 15 is 0 Å². The molecule has 2 heterocycles. The van der Waals surface area contributed by atoms with Crippen LogP contribution < -0.4 is 5.32 Å². The van der Waals surface area contributed by atoms with Gasteiger partial charge < -0.3 is 15.0 Å². The summed E-state index contributed by atoms with van der Waals surface area (Å²) in [5, 5.41) is 2.64. The molecule has 1 amide bonds. The van der Waals surface area contributed by atoms with Crippen molar-refractivity contribution in [1.29, 1.82) is 0 Å². The van der Waals surface area contributed by atoms with Gasteiger partial charge >= 0.3 is 5.97 Å². The van der Waals surface area contributed by atoms with Crippen LogP contribution in [0.4, 0.5) is 5.69 Å². The molecular weight excluding hydrogens is 260 g/mol. The molecule has 2 aromatic heterocycles. The van der Waals surface area contributed by atoms with Crippen molar-refractivity contribution in [3.63, 3.8) is 0 Å². The average molecular weight is 274 g/mol. The topological polar surface area (TPSA) is 97.0 Å². The Bertz CT molecular complexity index is 622. The minimum atomic E-state index is -0.481. The summed E-state index contributed by atoms with van der Waals surface area (Å²) in [7, 11) is 0. The first kappa shape index (κ1) is 13.7. The summed E-state index contributed by atoms with van der Waals surface area (Å²) in [6.07, 6.45) is 5.67. The number of aromatic amines is 1. The molecule has 0 aliphatic carbocycles. The Kier molecular flexibility index (Phi) is 4.09. The molecule has 0 aliphatic heterocycles. The van der Waals surface area contributed by atoms with Crippen molar-refractivity contribution >= 4 is 17.6 Å². The molecule has 2 N–H and O–H groups in total. The maximum Gasteiger partial charge on any atom is 0.342 e. The minimum Gasteiger partial charge on any atom is -0.462 e. The third-order valence-electron chi connectivity index (χ3n) is 2.63. The molecule has 2 rings (SSSR count). The number of carbonyl (C=O) groups is 2. The monoisotopic (exact) mass is 274 g/mol. The van der Waals surface area contributed by atoms with Crippen molar-refractivity contribution in [3.8, 4) is 0 Å². The van der Waals surface area contributed by atoms with E-state index in [1.54, 1.807) is 20.0 Å². The number of esters is 1. The standard InChI is InChI=1S/C13H14N4O3/c1-3-20-13(19)11-8(2)16-6-10(11)17-12(18)9-4-14-7-15-5-9/h4-7,16H,3H2,1-2H3,(H,17,18). The van der Waals surface area contributed by atoms with Crippen LogP contribution >= 0.6 is 0 Å². The predicted octanol–water partition coefficient (Wildman–Crippen LogP) is 1.54. The maximum absolute atomic E-state index is 12.0. The van der Waals surface area contributed by atoms with Crippen molar-refractivity contribution in [2.75, 3.05) is 11.9 Å². The molecule has 2 aromatic rings. The van der Waals surface area contributed by atoms with E-state index in [9.17, 15) is 9.59 Å². The highest BCUT2D eigenvalue weighted by Gasteiger charge is 2.19. The number of rotatable bonds is 4. The second-order valence-electron chi connectivity index (χ2n) is 4.00. The van der Waals surface area contributed by atoms with Gasteiger partial charge in [-0.1, -0.05) is 0 Å². The summed E-state index contributed by atoms with van der Waals surface area (Å²) in [5.41, 5.74) is 1.62. The Morgan fingerprint density at radius 3 is 2.70 bits per heavy atom. The zero-order chi connectivity index (χ0) is 14.5. The fourth-order valence-corrected chi connectivity index (χ4v) is 1.70. The number of aromatic nitrogens is 3. The van der Waals surface area contributed by atoms with Gasteiger partial charge in [0.2, 0.25) is 0 Å². The van der Waals surface area contributed by atoms with Crippen molar-refractivity contribution in [1.82, 2.24) is 15.0 Å². The van der Waals surface area contributed by atoms with Gasteiger partial charge in [-0.25, -0.2) is 14.8 Å². The van der Waals surface area contributed by atoms with E-state index in [4.69, 9.17) is 4.74 Å². The smallest absolute Gasteiger partial charge is 0.342 e. The molecule has 20 heavy (non-hydrogen) atoms. The van der Waals surface area contributed by atoms with Crippen molar-refractivity contribution < 1.29 is 14.3 Å². The highest BCUT2D eigenvalue weighted by Crippen LogP contribution is 2.20. The van der Waals surface area contributed by atoms with Crippen LogP contribution in [0.3, 0.4) is 0 Å². The molecule has 0 fully saturated rings. The molecule has 0 saturated carbocycles. The predicted molar refractivity (Wildman–Crippen MR) is 71.5 cm³/mol. The maximum atomic E-state index is 12.0. The summed E-state index contributed by atoms with van der Waals surface area (Å²) in [6.45, 7) is 3.72. The Morgan fingerprint density at radius 1 is 1.35 bits per heavy atom. The molecule has 0 aromatic carbocycles. The first-order valence-corrected chi connectivity index (χ1v) is 6.05.